The molecule has 1 amide bonds. The van der Waals surface area contributed by atoms with Crippen molar-refractivity contribution in [2.45, 2.75) is 45.3 Å². The van der Waals surface area contributed by atoms with E-state index in [2.05, 4.69) is 24.5 Å². The third-order valence-electron chi connectivity index (χ3n) is 3.58. The van der Waals surface area contributed by atoms with E-state index in [0.717, 1.165) is 6.42 Å². The maximum absolute atomic E-state index is 12.5. The number of hydrogen-bond acceptors (Lipinski definition) is 3. The molecular weight excluding hydrogens is 285 g/mol. The molecule has 1 aliphatic rings. The number of amides is 1. The van der Waals surface area contributed by atoms with E-state index in [-0.39, 0.29) is 25.3 Å². The number of hydrogen-bond donors (Lipinski definition) is 2. The van der Waals surface area contributed by atoms with Crippen molar-refractivity contribution in [2.24, 2.45) is 11.8 Å². The van der Waals surface area contributed by atoms with Crippen LogP contribution in [0.3, 0.4) is 0 Å². The number of carbonyl (C=O) groups excluding carboxylic acids is 1. The summed E-state index contributed by atoms with van der Waals surface area (Å²) < 4.78 is 42.8. The molecule has 0 aliphatic carbocycles. The van der Waals surface area contributed by atoms with Crippen molar-refractivity contribution in [3.8, 4) is 0 Å². The van der Waals surface area contributed by atoms with Crippen molar-refractivity contribution in [1.29, 1.82) is 0 Å². The summed E-state index contributed by atoms with van der Waals surface area (Å²) in [5.74, 6) is -1.02. The Kier molecular flexibility index (Phi) is 7.45. The average molecular weight is 310 g/mol. The minimum Gasteiger partial charge on any atom is -0.380 e. The number of alkyl halides is 3. The Hall–Kier alpha value is -0.820. The lowest BCUT2D eigenvalue weighted by atomic mass is 9.94. The van der Waals surface area contributed by atoms with Crippen LogP contribution in [0.4, 0.5) is 13.2 Å². The average Bonchev–Trinajstić information content (AvgIpc) is 2.41. The fourth-order valence-electron chi connectivity index (χ4n) is 2.15. The van der Waals surface area contributed by atoms with Crippen LogP contribution in [0.1, 0.15) is 33.1 Å². The SMILES string of the molecule is CC(C)CCOCCNC(=O)C1CCC(C(F)(F)F)CN1. The summed E-state index contributed by atoms with van der Waals surface area (Å²) in [7, 11) is 0. The second kappa shape index (κ2) is 8.58. The first-order valence-electron chi connectivity index (χ1n) is 7.46. The smallest absolute Gasteiger partial charge is 0.380 e. The minimum atomic E-state index is -4.18. The molecule has 7 heteroatoms. The number of piperidine rings is 1. The highest BCUT2D eigenvalue weighted by atomic mass is 19.4. The van der Waals surface area contributed by atoms with Gasteiger partial charge in [0, 0.05) is 19.7 Å². The first-order chi connectivity index (χ1) is 9.80. The fraction of sp³-hybridized carbons (Fsp3) is 0.929. The highest BCUT2D eigenvalue weighted by molar-refractivity contribution is 5.81. The van der Waals surface area contributed by atoms with Crippen LogP contribution in [0.15, 0.2) is 0 Å². The van der Waals surface area contributed by atoms with Gasteiger partial charge in [0.05, 0.1) is 18.6 Å². The molecule has 0 aromatic rings. The molecule has 124 valence electrons. The quantitative estimate of drug-likeness (QED) is 0.708. The van der Waals surface area contributed by atoms with Crippen LogP contribution in [-0.4, -0.2) is 44.4 Å². The summed E-state index contributed by atoms with van der Waals surface area (Å²) in [5, 5.41) is 5.36. The topological polar surface area (TPSA) is 50.4 Å². The van der Waals surface area contributed by atoms with Gasteiger partial charge in [-0.3, -0.25) is 4.79 Å². The Bertz CT molecular complexity index is 314. The van der Waals surface area contributed by atoms with Crippen LogP contribution in [-0.2, 0) is 9.53 Å². The molecule has 0 aromatic carbocycles. The fourth-order valence-corrected chi connectivity index (χ4v) is 2.15. The molecule has 2 unspecified atom stereocenters. The molecule has 2 atom stereocenters. The molecule has 1 fully saturated rings. The Morgan fingerprint density at radius 2 is 2.05 bits per heavy atom. The molecule has 0 spiro atoms. The van der Waals surface area contributed by atoms with Crippen LogP contribution >= 0.6 is 0 Å². The highest BCUT2D eigenvalue weighted by Gasteiger charge is 2.42. The van der Waals surface area contributed by atoms with Crippen molar-refractivity contribution >= 4 is 5.91 Å². The van der Waals surface area contributed by atoms with Crippen LogP contribution < -0.4 is 10.6 Å². The largest absolute Gasteiger partial charge is 0.393 e. The second-order valence-corrected chi connectivity index (χ2v) is 5.86. The van der Waals surface area contributed by atoms with Gasteiger partial charge in [0.15, 0.2) is 0 Å². The van der Waals surface area contributed by atoms with Crippen molar-refractivity contribution < 1.29 is 22.7 Å². The molecule has 1 heterocycles. The lowest BCUT2D eigenvalue weighted by Crippen LogP contribution is -2.51. The van der Waals surface area contributed by atoms with Gasteiger partial charge < -0.3 is 15.4 Å². The van der Waals surface area contributed by atoms with Gasteiger partial charge in [0.1, 0.15) is 0 Å². The third-order valence-corrected chi connectivity index (χ3v) is 3.58. The minimum absolute atomic E-state index is 0.000521. The van der Waals surface area contributed by atoms with Crippen molar-refractivity contribution in [1.82, 2.24) is 10.6 Å². The lowest BCUT2D eigenvalue weighted by Gasteiger charge is -2.30. The van der Waals surface area contributed by atoms with Gasteiger partial charge in [-0.25, -0.2) is 0 Å². The monoisotopic (exact) mass is 310 g/mol. The summed E-state index contributed by atoms with van der Waals surface area (Å²) in [6.07, 6.45) is -3.00. The van der Waals surface area contributed by atoms with Gasteiger partial charge in [-0.1, -0.05) is 13.8 Å². The predicted octanol–water partition coefficient (Wildman–Crippen LogP) is 2.10. The van der Waals surface area contributed by atoms with E-state index < -0.39 is 18.1 Å². The Labute approximate surface area is 123 Å². The molecule has 0 bridgehead atoms. The molecular formula is C14H25F3N2O2. The molecule has 1 rings (SSSR count). The maximum atomic E-state index is 12.5. The molecule has 1 saturated heterocycles. The zero-order valence-electron chi connectivity index (χ0n) is 12.6. The maximum Gasteiger partial charge on any atom is 0.393 e. The summed E-state index contributed by atoms with van der Waals surface area (Å²) in [6.45, 7) is 5.49. The highest BCUT2D eigenvalue weighted by Crippen LogP contribution is 2.31. The van der Waals surface area contributed by atoms with Crippen molar-refractivity contribution in [3.63, 3.8) is 0 Å². The molecule has 1 aliphatic heterocycles. The molecule has 4 nitrogen and oxygen atoms in total. The van der Waals surface area contributed by atoms with E-state index >= 15 is 0 Å². The number of nitrogens with one attached hydrogen (secondary N) is 2. The summed E-state index contributed by atoms with van der Waals surface area (Å²) >= 11 is 0. The summed E-state index contributed by atoms with van der Waals surface area (Å²) in [5.41, 5.74) is 0. The Morgan fingerprint density at radius 3 is 2.57 bits per heavy atom. The van der Waals surface area contributed by atoms with Crippen LogP contribution in [0.25, 0.3) is 0 Å². The number of rotatable bonds is 7. The molecule has 2 N–H and O–H groups in total. The predicted molar refractivity (Wildman–Crippen MR) is 73.9 cm³/mol. The van der Waals surface area contributed by atoms with Gasteiger partial charge in [0.2, 0.25) is 5.91 Å². The number of ether oxygens (including phenoxy) is 1. The molecule has 21 heavy (non-hydrogen) atoms. The first kappa shape index (κ1) is 18.2. The summed E-state index contributed by atoms with van der Waals surface area (Å²) in [6, 6.07) is -0.528. The second-order valence-electron chi connectivity index (χ2n) is 5.86. The van der Waals surface area contributed by atoms with E-state index in [4.69, 9.17) is 4.74 Å². The Morgan fingerprint density at radius 1 is 1.33 bits per heavy atom. The van der Waals surface area contributed by atoms with E-state index in [1.807, 2.05) is 0 Å². The van der Waals surface area contributed by atoms with E-state index in [0.29, 0.717) is 25.7 Å². The lowest BCUT2D eigenvalue weighted by molar-refractivity contribution is -0.180. The molecule has 0 saturated carbocycles. The standard InChI is InChI=1S/C14H25F3N2O2/c1-10(2)5-7-21-8-6-18-13(20)12-4-3-11(9-19-12)14(15,16)17/h10-12,19H,3-9H2,1-2H3,(H,18,20). The zero-order chi connectivity index (χ0) is 15.9. The van der Waals surface area contributed by atoms with E-state index in [1.54, 1.807) is 0 Å². The van der Waals surface area contributed by atoms with Crippen molar-refractivity contribution in [3.05, 3.63) is 0 Å². The summed E-state index contributed by atoms with van der Waals surface area (Å²) in [4.78, 5) is 11.8. The zero-order valence-corrected chi connectivity index (χ0v) is 12.6. The van der Waals surface area contributed by atoms with Gasteiger partial charge in [-0.05, 0) is 25.2 Å². The Balaban J connectivity index is 2.11. The van der Waals surface area contributed by atoms with Crippen LogP contribution in [0.2, 0.25) is 0 Å². The number of carbonyl (C=O) groups is 1. The first-order valence-corrected chi connectivity index (χ1v) is 7.46. The number of halogens is 3. The van der Waals surface area contributed by atoms with Gasteiger partial charge in [0.25, 0.3) is 0 Å². The third kappa shape index (κ3) is 7.13. The van der Waals surface area contributed by atoms with Crippen LogP contribution in [0.5, 0.6) is 0 Å². The van der Waals surface area contributed by atoms with E-state index in [9.17, 15) is 18.0 Å². The van der Waals surface area contributed by atoms with Crippen LogP contribution in [0, 0.1) is 11.8 Å². The van der Waals surface area contributed by atoms with Gasteiger partial charge in [-0.15, -0.1) is 0 Å². The molecule has 0 radical (unpaired) electrons. The van der Waals surface area contributed by atoms with Crippen molar-refractivity contribution in [2.75, 3.05) is 26.3 Å². The normalized spacial score (nSPS) is 23.3. The molecule has 0 aromatic heterocycles. The van der Waals surface area contributed by atoms with Gasteiger partial charge >= 0.3 is 6.18 Å². The van der Waals surface area contributed by atoms with E-state index in [1.165, 1.54) is 0 Å². The van der Waals surface area contributed by atoms with Gasteiger partial charge in [-0.2, -0.15) is 13.2 Å².